The minimum Gasteiger partial charge on any atom is -0.296 e. The summed E-state index contributed by atoms with van der Waals surface area (Å²) in [4.78, 5) is 2.58. The van der Waals surface area contributed by atoms with Crippen molar-refractivity contribution < 1.29 is 0 Å². The Bertz CT molecular complexity index is 449. The summed E-state index contributed by atoms with van der Waals surface area (Å²) in [7, 11) is 0. The first-order valence-corrected chi connectivity index (χ1v) is 8.44. The van der Waals surface area contributed by atoms with E-state index >= 15 is 0 Å². The molecule has 1 unspecified atom stereocenters. The number of nitrogens with two attached hydrogens (primary N) is 1. The van der Waals surface area contributed by atoms with Crippen LogP contribution in [0.1, 0.15) is 58.2 Å². The summed E-state index contributed by atoms with van der Waals surface area (Å²) < 4.78 is 1.96. The molecule has 3 N–H and O–H groups in total. The Kier molecular flexibility index (Phi) is 5.66. The summed E-state index contributed by atoms with van der Waals surface area (Å²) in [6.07, 6.45) is 6.32. The molecule has 2 heterocycles. The SMILES string of the molecule is CCn1ncc(Cl)c1C(NN)C(CC)(CC)N1CCCC1. The molecule has 0 radical (unpaired) electrons. The van der Waals surface area contributed by atoms with E-state index in [2.05, 4.69) is 36.2 Å². The number of hydrogen-bond donors (Lipinski definition) is 2. The first-order valence-electron chi connectivity index (χ1n) is 8.06. The fraction of sp³-hybridized carbons (Fsp3) is 0.800. The van der Waals surface area contributed by atoms with E-state index in [-0.39, 0.29) is 11.6 Å². The van der Waals surface area contributed by atoms with Crippen molar-refractivity contribution in [2.45, 2.75) is 64.6 Å². The molecule has 1 saturated heterocycles. The third-order valence-electron chi connectivity index (χ3n) is 5.07. The van der Waals surface area contributed by atoms with Gasteiger partial charge in [-0.3, -0.25) is 15.4 Å². The van der Waals surface area contributed by atoms with Crippen LogP contribution in [0.5, 0.6) is 0 Å². The number of hydrogen-bond acceptors (Lipinski definition) is 4. The van der Waals surface area contributed by atoms with Gasteiger partial charge in [0.1, 0.15) is 0 Å². The van der Waals surface area contributed by atoms with Crippen LogP contribution in [-0.2, 0) is 6.54 Å². The van der Waals surface area contributed by atoms with Crippen LogP contribution < -0.4 is 11.3 Å². The molecule has 5 nitrogen and oxygen atoms in total. The lowest BCUT2D eigenvalue weighted by Crippen LogP contribution is -2.57. The molecule has 1 aliphatic rings. The van der Waals surface area contributed by atoms with Crippen molar-refractivity contribution in [2.75, 3.05) is 13.1 Å². The number of hydrazine groups is 1. The zero-order chi connectivity index (χ0) is 15.5. The van der Waals surface area contributed by atoms with Crippen molar-refractivity contribution in [3.05, 3.63) is 16.9 Å². The third kappa shape index (κ3) is 2.84. The van der Waals surface area contributed by atoms with E-state index in [1.165, 1.54) is 12.8 Å². The van der Waals surface area contributed by atoms with E-state index < -0.39 is 0 Å². The summed E-state index contributed by atoms with van der Waals surface area (Å²) in [5, 5.41) is 5.08. The molecule has 120 valence electrons. The van der Waals surface area contributed by atoms with E-state index in [4.69, 9.17) is 17.4 Å². The average Bonchev–Trinajstić information content (AvgIpc) is 3.15. The van der Waals surface area contributed by atoms with E-state index in [0.29, 0.717) is 5.02 Å². The lowest BCUT2D eigenvalue weighted by Gasteiger charge is -2.46. The summed E-state index contributed by atoms with van der Waals surface area (Å²) >= 11 is 6.43. The Labute approximate surface area is 132 Å². The Morgan fingerprint density at radius 1 is 1.33 bits per heavy atom. The maximum absolute atomic E-state index is 6.43. The lowest BCUT2D eigenvalue weighted by atomic mass is 9.81. The van der Waals surface area contributed by atoms with Crippen LogP contribution in [0.3, 0.4) is 0 Å². The number of halogens is 1. The van der Waals surface area contributed by atoms with E-state index in [9.17, 15) is 0 Å². The molecule has 0 amide bonds. The average molecular weight is 314 g/mol. The van der Waals surface area contributed by atoms with Crippen LogP contribution in [0, 0.1) is 0 Å². The number of aromatic nitrogens is 2. The molecule has 2 rings (SSSR count). The van der Waals surface area contributed by atoms with Gasteiger partial charge < -0.3 is 0 Å². The summed E-state index contributed by atoms with van der Waals surface area (Å²) in [6, 6.07) is -0.0134. The van der Waals surface area contributed by atoms with Gasteiger partial charge in [-0.1, -0.05) is 25.4 Å². The van der Waals surface area contributed by atoms with Gasteiger partial charge in [-0.15, -0.1) is 0 Å². The van der Waals surface area contributed by atoms with E-state index in [1.54, 1.807) is 6.20 Å². The van der Waals surface area contributed by atoms with Gasteiger partial charge in [-0.05, 0) is 45.7 Å². The maximum Gasteiger partial charge on any atom is 0.0835 e. The predicted molar refractivity (Wildman–Crippen MR) is 87.1 cm³/mol. The highest BCUT2D eigenvalue weighted by Gasteiger charge is 2.44. The van der Waals surface area contributed by atoms with Crippen molar-refractivity contribution in [1.82, 2.24) is 20.1 Å². The third-order valence-corrected chi connectivity index (χ3v) is 5.36. The van der Waals surface area contributed by atoms with Gasteiger partial charge in [-0.25, -0.2) is 5.43 Å². The minimum absolute atomic E-state index is 0.0121. The van der Waals surface area contributed by atoms with Crippen molar-refractivity contribution in [1.29, 1.82) is 0 Å². The molecule has 0 aromatic carbocycles. The predicted octanol–water partition coefficient (Wildman–Crippen LogP) is 2.72. The van der Waals surface area contributed by atoms with Crippen LogP contribution in [0.2, 0.25) is 5.02 Å². The molecule has 0 saturated carbocycles. The largest absolute Gasteiger partial charge is 0.296 e. The maximum atomic E-state index is 6.43. The van der Waals surface area contributed by atoms with Gasteiger partial charge in [-0.2, -0.15) is 5.10 Å². The number of nitrogens with zero attached hydrogens (tertiary/aromatic N) is 3. The van der Waals surface area contributed by atoms with Crippen LogP contribution in [-0.4, -0.2) is 33.3 Å². The molecule has 1 aliphatic heterocycles. The summed E-state index contributed by atoms with van der Waals surface area (Å²) in [6.45, 7) is 9.63. The van der Waals surface area contributed by atoms with Crippen LogP contribution in [0.25, 0.3) is 0 Å². The molecular formula is C15H28ClN5. The van der Waals surface area contributed by atoms with Crippen LogP contribution in [0.15, 0.2) is 6.20 Å². The highest BCUT2D eigenvalue weighted by Crippen LogP contribution is 2.41. The summed E-state index contributed by atoms with van der Waals surface area (Å²) in [5.41, 5.74) is 4.05. The van der Waals surface area contributed by atoms with Gasteiger partial charge in [0.25, 0.3) is 0 Å². The molecule has 0 bridgehead atoms. The van der Waals surface area contributed by atoms with Gasteiger partial charge in [0.15, 0.2) is 0 Å². The van der Waals surface area contributed by atoms with Gasteiger partial charge >= 0.3 is 0 Å². The molecule has 21 heavy (non-hydrogen) atoms. The number of rotatable bonds is 7. The van der Waals surface area contributed by atoms with Crippen molar-refractivity contribution >= 4 is 11.6 Å². The highest BCUT2D eigenvalue weighted by atomic mass is 35.5. The summed E-state index contributed by atoms with van der Waals surface area (Å²) in [5.74, 6) is 5.98. The number of nitrogens with one attached hydrogen (secondary N) is 1. The molecule has 1 aromatic heterocycles. The quantitative estimate of drug-likeness (QED) is 0.600. The lowest BCUT2D eigenvalue weighted by molar-refractivity contribution is 0.0582. The van der Waals surface area contributed by atoms with Gasteiger partial charge in [0.2, 0.25) is 0 Å². The van der Waals surface area contributed by atoms with Crippen LogP contribution >= 0.6 is 11.6 Å². The molecule has 1 fully saturated rings. The molecule has 6 heteroatoms. The first kappa shape index (κ1) is 16.7. The standard InChI is InChI=1S/C15H28ClN5/c1-4-15(5-2,20-9-7-8-10-20)14(19-17)13-12(16)11-18-21(13)6-3/h11,14,19H,4-10,17H2,1-3H3. The zero-order valence-electron chi connectivity index (χ0n) is 13.4. The first-order chi connectivity index (χ1) is 10.1. The highest BCUT2D eigenvalue weighted by molar-refractivity contribution is 6.31. The monoisotopic (exact) mass is 313 g/mol. The topological polar surface area (TPSA) is 59.1 Å². The smallest absolute Gasteiger partial charge is 0.0835 e. The van der Waals surface area contributed by atoms with Crippen molar-refractivity contribution in [3.63, 3.8) is 0 Å². The van der Waals surface area contributed by atoms with E-state index in [0.717, 1.165) is 38.2 Å². The van der Waals surface area contributed by atoms with E-state index in [1.807, 2.05) is 4.68 Å². The molecule has 1 atom stereocenters. The second-order valence-corrected chi connectivity index (χ2v) is 6.21. The second kappa shape index (κ2) is 7.09. The Balaban J connectivity index is 2.46. The molecular weight excluding hydrogens is 286 g/mol. The number of likely N-dealkylation sites (tertiary alicyclic amines) is 1. The van der Waals surface area contributed by atoms with Gasteiger partial charge in [0, 0.05) is 12.1 Å². The Morgan fingerprint density at radius 3 is 2.43 bits per heavy atom. The van der Waals surface area contributed by atoms with Gasteiger partial charge in [0.05, 0.1) is 23.0 Å². The molecule has 1 aromatic rings. The molecule has 0 aliphatic carbocycles. The Morgan fingerprint density at radius 2 is 1.95 bits per heavy atom. The van der Waals surface area contributed by atoms with Crippen molar-refractivity contribution in [2.24, 2.45) is 5.84 Å². The fourth-order valence-electron chi connectivity index (χ4n) is 3.85. The minimum atomic E-state index is -0.0134. The second-order valence-electron chi connectivity index (χ2n) is 5.80. The fourth-order valence-corrected chi connectivity index (χ4v) is 4.10. The zero-order valence-corrected chi connectivity index (χ0v) is 14.2. The van der Waals surface area contributed by atoms with Crippen LogP contribution in [0.4, 0.5) is 0 Å². The number of aryl methyl sites for hydroxylation is 1. The Hall–Kier alpha value is -0.620. The molecule has 0 spiro atoms. The van der Waals surface area contributed by atoms with Crippen molar-refractivity contribution in [3.8, 4) is 0 Å². The normalized spacial score (nSPS) is 18.3.